The number of amides is 1. The zero-order valence-electron chi connectivity index (χ0n) is 11.4. The maximum atomic E-state index is 12.1. The van der Waals surface area contributed by atoms with Crippen molar-refractivity contribution in [3.05, 3.63) is 22.7 Å². The molecular formula is C13H18ClN3OS. The Bertz CT molecular complexity index is 489. The first-order valence-electron chi connectivity index (χ1n) is 6.33. The predicted molar refractivity (Wildman–Crippen MR) is 78.9 cm³/mol. The molecule has 19 heavy (non-hydrogen) atoms. The van der Waals surface area contributed by atoms with Crippen LogP contribution in [-0.2, 0) is 0 Å². The highest BCUT2D eigenvalue weighted by Crippen LogP contribution is 2.46. The number of aromatic nitrogens is 2. The van der Waals surface area contributed by atoms with Crippen molar-refractivity contribution in [3.8, 4) is 0 Å². The summed E-state index contributed by atoms with van der Waals surface area (Å²) in [7, 11) is 0. The number of nitrogens with one attached hydrogen (secondary N) is 1. The fraction of sp³-hybridized carbons (Fsp3) is 0.615. The van der Waals surface area contributed by atoms with Gasteiger partial charge < -0.3 is 5.32 Å². The molecule has 1 aromatic heterocycles. The second-order valence-electron chi connectivity index (χ2n) is 5.15. The van der Waals surface area contributed by atoms with Gasteiger partial charge in [-0.1, -0.05) is 25.4 Å². The highest BCUT2D eigenvalue weighted by Gasteiger charge is 2.42. The van der Waals surface area contributed by atoms with E-state index < -0.39 is 0 Å². The van der Waals surface area contributed by atoms with Gasteiger partial charge in [0.1, 0.15) is 11.5 Å². The Morgan fingerprint density at radius 1 is 1.58 bits per heavy atom. The van der Waals surface area contributed by atoms with Crippen LogP contribution < -0.4 is 5.32 Å². The SMILES string of the molecule is CSC1(CNC(=O)c2nc(C(C)C)ncc2Cl)CC1. The van der Waals surface area contributed by atoms with Crippen molar-refractivity contribution in [2.24, 2.45) is 0 Å². The summed E-state index contributed by atoms with van der Waals surface area (Å²) in [4.78, 5) is 20.5. The average molecular weight is 300 g/mol. The van der Waals surface area contributed by atoms with E-state index in [0.29, 0.717) is 17.4 Å². The molecule has 1 aliphatic carbocycles. The smallest absolute Gasteiger partial charge is 0.271 e. The van der Waals surface area contributed by atoms with Crippen molar-refractivity contribution >= 4 is 29.3 Å². The van der Waals surface area contributed by atoms with Gasteiger partial charge in [-0.05, 0) is 19.1 Å². The van der Waals surface area contributed by atoms with Crippen LogP contribution in [0.15, 0.2) is 6.20 Å². The largest absolute Gasteiger partial charge is 0.349 e. The summed E-state index contributed by atoms with van der Waals surface area (Å²) < 4.78 is 0.232. The lowest BCUT2D eigenvalue weighted by Crippen LogP contribution is -2.32. The molecule has 0 spiro atoms. The van der Waals surface area contributed by atoms with E-state index in [1.54, 1.807) is 0 Å². The molecule has 1 fully saturated rings. The number of halogens is 1. The lowest BCUT2D eigenvalue weighted by atomic mass is 10.2. The van der Waals surface area contributed by atoms with Crippen molar-refractivity contribution in [3.63, 3.8) is 0 Å². The summed E-state index contributed by atoms with van der Waals surface area (Å²) >= 11 is 7.81. The molecule has 1 aromatic rings. The lowest BCUT2D eigenvalue weighted by Gasteiger charge is -2.13. The molecule has 104 valence electrons. The van der Waals surface area contributed by atoms with Crippen molar-refractivity contribution in [2.75, 3.05) is 12.8 Å². The Labute approximate surface area is 122 Å². The van der Waals surface area contributed by atoms with Crippen molar-refractivity contribution in [1.82, 2.24) is 15.3 Å². The van der Waals surface area contributed by atoms with E-state index in [-0.39, 0.29) is 22.3 Å². The molecule has 0 unspecified atom stereocenters. The van der Waals surface area contributed by atoms with Gasteiger partial charge in [0.05, 0.1) is 11.2 Å². The molecule has 1 amide bonds. The minimum Gasteiger partial charge on any atom is -0.349 e. The summed E-state index contributed by atoms with van der Waals surface area (Å²) in [6.45, 7) is 4.64. The van der Waals surface area contributed by atoms with Gasteiger partial charge in [-0.2, -0.15) is 11.8 Å². The standard InChI is InChI=1S/C13H18ClN3OS/c1-8(2)11-15-6-9(14)10(17-11)12(18)16-7-13(19-3)4-5-13/h6,8H,4-5,7H2,1-3H3,(H,16,18). The van der Waals surface area contributed by atoms with Gasteiger partial charge in [0.25, 0.3) is 5.91 Å². The van der Waals surface area contributed by atoms with Crippen LogP contribution in [-0.4, -0.2) is 33.4 Å². The molecule has 2 rings (SSSR count). The van der Waals surface area contributed by atoms with Gasteiger partial charge >= 0.3 is 0 Å². The third-order valence-electron chi connectivity index (χ3n) is 3.31. The van der Waals surface area contributed by atoms with Crippen LogP contribution in [0.3, 0.4) is 0 Å². The fourth-order valence-corrected chi connectivity index (χ4v) is 2.64. The second-order valence-corrected chi connectivity index (χ2v) is 6.83. The first-order chi connectivity index (χ1) is 8.97. The minimum atomic E-state index is -0.213. The average Bonchev–Trinajstić information content (AvgIpc) is 3.17. The molecule has 0 aromatic carbocycles. The number of carbonyl (C=O) groups is 1. The van der Waals surface area contributed by atoms with Gasteiger partial charge in [-0.15, -0.1) is 0 Å². The van der Waals surface area contributed by atoms with Crippen molar-refractivity contribution in [2.45, 2.75) is 37.4 Å². The van der Waals surface area contributed by atoms with E-state index in [9.17, 15) is 4.79 Å². The third kappa shape index (κ3) is 3.39. The minimum absolute atomic E-state index is 0.171. The molecular weight excluding hydrogens is 282 g/mol. The van der Waals surface area contributed by atoms with E-state index in [1.165, 1.54) is 6.20 Å². The Morgan fingerprint density at radius 3 is 2.79 bits per heavy atom. The number of carbonyl (C=O) groups excluding carboxylic acids is 1. The zero-order valence-corrected chi connectivity index (χ0v) is 12.9. The molecule has 1 saturated carbocycles. The normalized spacial score (nSPS) is 16.5. The number of thioether (sulfide) groups is 1. The molecule has 1 heterocycles. The number of rotatable bonds is 5. The molecule has 0 aliphatic heterocycles. The first kappa shape index (κ1) is 14.6. The van der Waals surface area contributed by atoms with E-state index in [2.05, 4.69) is 21.5 Å². The molecule has 1 aliphatic rings. The van der Waals surface area contributed by atoms with E-state index in [4.69, 9.17) is 11.6 Å². The van der Waals surface area contributed by atoms with Gasteiger partial charge in [0.2, 0.25) is 0 Å². The maximum Gasteiger partial charge on any atom is 0.271 e. The summed E-state index contributed by atoms with van der Waals surface area (Å²) in [6, 6.07) is 0. The van der Waals surface area contributed by atoms with Gasteiger partial charge in [-0.25, -0.2) is 9.97 Å². The molecule has 4 nitrogen and oxygen atoms in total. The van der Waals surface area contributed by atoms with E-state index >= 15 is 0 Å². The second kappa shape index (κ2) is 5.67. The summed E-state index contributed by atoms with van der Waals surface area (Å²) in [5.74, 6) is 0.597. The zero-order chi connectivity index (χ0) is 14.0. The molecule has 0 saturated heterocycles. The van der Waals surface area contributed by atoms with Crippen LogP contribution in [0.25, 0.3) is 0 Å². The topological polar surface area (TPSA) is 54.9 Å². The summed E-state index contributed by atoms with van der Waals surface area (Å²) in [5, 5.41) is 3.23. The van der Waals surface area contributed by atoms with Gasteiger partial charge in [-0.3, -0.25) is 4.79 Å². The molecule has 6 heteroatoms. The summed E-state index contributed by atoms with van der Waals surface area (Å²) in [6.07, 6.45) is 5.89. The fourth-order valence-electron chi connectivity index (χ4n) is 1.74. The number of hydrogen-bond acceptors (Lipinski definition) is 4. The van der Waals surface area contributed by atoms with Gasteiger partial charge in [0, 0.05) is 17.2 Å². The van der Waals surface area contributed by atoms with Crippen LogP contribution >= 0.6 is 23.4 Å². The Morgan fingerprint density at radius 2 is 2.26 bits per heavy atom. The maximum absolute atomic E-state index is 12.1. The molecule has 0 radical (unpaired) electrons. The van der Waals surface area contributed by atoms with E-state index in [0.717, 1.165) is 12.8 Å². The van der Waals surface area contributed by atoms with Crippen LogP contribution in [0.1, 0.15) is 48.9 Å². The van der Waals surface area contributed by atoms with Gasteiger partial charge in [0.15, 0.2) is 0 Å². The quantitative estimate of drug-likeness (QED) is 0.908. The molecule has 0 bridgehead atoms. The Hall–Kier alpha value is -0.810. The monoisotopic (exact) mass is 299 g/mol. The van der Waals surface area contributed by atoms with E-state index in [1.807, 2.05) is 25.6 Å². The number of hydrogen-bond donors (Lipinski definition) is 1. The first-order valence-corrected chi connectivity index (χ1v) is 7.93. The van der Waals surface area contributed by atoms with Crippen LogP contribution in [0.4, 0.5) is 0 Å². The predicted octanol–water partition coefficient (Wildman–Crippen LogP) is 2.88. The molecule has 0 atom stereocenters. The van der Waals surface area contributed by atoms with Crippen LogP contribution in [0, 0.1) is 0 Å². The highest BCUT2D eigenvalue weighted by atomic mass is 35.5. The molecule has 1 N–H and O–H groups in total. The third-order valence-corrected chi connectivity index (χ3v) is 5.00. The van der Waals surface area contributed by atoms with Crippen LogP contribution in [0.2, 0.25) is 5.02 Å². The Kier molecular flexibility index (Phi) is 4.36. The highest BCUT2D eigenvalue weighted by molar-refractivity contribution is 8.00. The summed E-state index contributed by atoms with van der Waals surface area (Å²) in [5.41, 5.74) is 0.275. The Balaban J connectivity index is 2.07. The lowest BCUT2D eigenvalue weighted by molar-refractivity contribution is 0.0947. The van der Waals surface area contributed by atoms with Crippen molar-refractivity contribution < 1.29 is 4.79 Å². The van der Waals surface area contributed by atoms with Crippen LogP contribution in [0.5, 0.6) is 0 Å². The van der Waals surface area contributed by atoms with Crippen molar-refractivity contribution in [1.29, 1.82) is 0 Å². The number of nitrogens with zero attached hydrogens (tertiary/aromatic N) is 2.